The van der Waals surface area contributed by atoms with Gasteiger partial charge in [0, 0.05) is 12.8 Å². The summed E-state index contributed by atoms with van der Waals surface area (Å²) in [6.07, 6.45) is 81.6. The van der Waals surface area contributed by atoms with E-state index in [4.69, 9.17) is 13.8 Å². The monoisotopic (exact) mass is 1170 g/mol. The van der Waals surface area contributed by atoms with Crippen molar-refractivity contribution >= 4 is 19.7 Å². The molecule has 0 saturated carbocycles. The highest BCUT2D eigenvalue weighted by Gasteiger charge is 2.30. The lowest BCUT2D eigenvalue weighted by Gasteiger charge is -2.27. The first-order chi connectivity index (χ1) is 39.9. The van der Waals surface area contributed by atoms with Crippen molar-refractivity contribution in [2.45, 2.75) is 322 Å². The topological polar surface area (TPSA) is 111 Å². The molecule has 0 aliphatic carbocycles. The van der Waals surface area contributed by atoms with Gasteiger partial charge in [0.05, 0.1) is 33.8 Å². The van der Waals surface area contributed by atoms with Gasteiger partial charge in [0.15, 0.2) is 0 Å². The number of nitrogens with zero attached hydrogens (tertiary/aromatic N) is 1. The van der Waals surface area contributed by atoms with Crippen molar-refractivity contribution in [2.24, 2.45) is 0 Å². The van der Waals surface area contributed by atoms with E-state index in [-0.39, 0.29) is 31.5 Å². The van der Waals surface area contributed by atoms with E-state index in [1.54, 1.807) is 0 Å². The number of carbonyl (C=O) groups excluding carboxylic acids is 2. The van der Waals surface area contributed by atoms with Gasteiger partial charge < -0.3 is 19.4 Å². The second kappa shape index (κ2) is 61.3. The summed E-state index contributed by atoms with van der Waals surface area (Å²) < 4.78 is 30.8. The van der Waals surface area contributed by atoms with Crippen LogP contribution in [0.1, 0.15) is 310 Å². The molecule has 0 aliphatic heterocycles. The Kier molecular flexibility index (Phi) is 59.2. The molecule has 0 rings (SSSR count). The number of phosphoric acid groups is 1. The molecule has 82 heavy (non-hydrogen) atoms. The Morgan fingerprint density at radius 1 is 0.439 bits per heavy atom. The second-order valence-corrected chi connectivity index (χ2v) is 25.8. The van der Waals surface area contributed by atoms with Crippen molar-refractivity contribution in [1.82, 2.24) is 5.32 Å². The van der Waals surface area contributed by atoms with E-state index < -0.39 is 20.0 Å². The van der Waals surface area contributed by atoms with Gasteiger partial charge in [-0.1, -0.05) is 280 Å². The van der Waals surface area contributed by atoms with Crippen LogP contribution in [0.4, 0.5) is 0 Å². The van der Waals surface area contributed by atoms with Crippen molar-refractivity contribution in [3.8, 4) is 0 Å². The molecule has 0 heterocycles. The quantitative estimate of drug-likeness (QED) is 0.0205. The third-order valence-corrected chi connectivity index (χ3v) is 16.1. The lowest BCUT2D eigenvalue weighted by Crippen LogP contribution is -2.47. The predicted octanol–water partition coefficient (Wildman–Crippen LogP) is 21.7. The molecule has 0 aromatic heterocycles. The molecule has 0 bridgehead atoms. The van der Waals surface area contributed by atoms with E-state index in [0.717, 1.165) is 103 Å². The summed E-state index contributed by atoms with van der Waals surface area (Å²) in [5.74, 6) is -0.513. The Morgan fingerprint density at radius 2 is 0.780 bits per heavy atom. The summed E-state index contributed by atoms with van der Waals surface area (Å²) in [5, 5.41) is 3.07. The van der Waals surface area contributed by atoms with Gasteiger partial charge in [0.1, 0.15) is 19.3 Å². The van der Waals surface area contributed by atoms with Crippen LogP contribution in [0, 0.1) is 0 Å². The number of likely N-dealkylation sites (N-methyl/N-ethyl adjacent to an activating group) is 1. The zero-order valence-electron chi connectivity index (χ0n) is 54.5. The Labute approximate surface area is 507 Å². The number of nitrogens with one attached hydrogen (secondary N) is 1. The summed E-state index contributed by atoms with van der Waals surface area (Å²) in [6, 6.07) is -0.858. The first-order valence-corrected chi connectivity index (χ1v) is 35.9. The number of quaternary nitrogens is 1. The fraction of sp³-hybridized carbons (Fsp3) is 0.778. The van der Waals surface area contributed by atoms with Gasteiger partial charge in [-0.2, -0.15) is 0 Å². The standard InChI is InChI=1S/C72H131N2O7P/c1-7-10-13-16-19-22-25-28-30-32-34-36-37-39-41-43-45-47-50-53-56-59-62-65-72(76)81-70(63-60-57-54-51-48-27-24-21-18-15-12-9-3)69(68-80-82(77,78)79-67-66-74(4,5)6)73-71(75)64-61-58-55-52-49-46-44-42-40-38-35-33-31-29-26-23-20-17-14-11-8-2/h10,13,19,22,28-31,34,36,39,41,60,63,69-70H,7-9,11-12,14-18,20-21,23-27,32-33,35,37-38,40,42-59,61-62,64-68H2,1-6H3,(H-,73,75,77,78)/p+1/b13-10-,22-19-,30-28-,31-29+,36-34-,41-39-,63-60+. The van der Waals surface area contributed by atoms with Crippen LogP contribution in [0.2, 0.25) is 0 Å². The maximum atomic E-state index is 13.6. The highest BCUT2D eigenvalue weighted by atomic mass is 31.2. The fourth-order valence-electron chi connectivity index (χ4n) is 9.79. The number of allylic oxidation sites excluding steroid dienone is 13. The average Bonchev–Trinajstić information content (AvgIpc) is 3.44. The third kappa shape index (κ3) is 61.7. The summed E-state index contributed by atoms with van der Waals surface area (Å²) in [5.41, 5.74) is 0. The molecule has 3 unspecified atom stereocenters. The maximum absolute atomic E-state index is 13.6. The average molecular weight is 1170 g/mol. The predicted molar refractivity (Wildman–Crippen MR) is 355 cm³/mol. The summed E-state index contributed by atoms with van der Waals surface area (Å²) in [6.45, 7) is 6.91. The van der Waals surface area contributed by atoms with Crippen LogP contribution < -0.4 is 5.32 Å². The molecule has 0 aromatic carbocycles. The number of rotatable bonds is 62. The number of esters is 1. The minimum absolute atomic E-state index is 0.0358. The molecule has 476 valence electrons. The number of hydrogen-bond donors (Lipinski definition) is 2. The number of hydrogen-bond acceptors (Lipinski definition) is 6. The van der Waals surface area contributed by atoms with Gasteiger partial charge in [0.25, 0.3) is 0 Å². The zero-order chi connectivity index (χ0) is 60.0. The number of ether oxygens (including phenoxy) is 1. The minimum atomic E-state index is -4.46. The Balaban J connectivity index is 5.15. The molecule has 3 atom stereocenters. The summed E-state index contributed by atoms with van der Waals surface area (Å²) in [4.78, 5) is 37.9. The minimum Gasteiger partial charge on any atom is -0.456 e. The zero-order valence-corrected chi connectivity index (χ0v) is 55.4. The molecule has 2 N–H and O–H groups in total. The Hall–Kier alpha value is -2.81. The van der Waals surface area contributed by atoms with Crippen LogP contribution in [0.25, 0.3) is 0 Å². The van der Waals surface area contributed by atoms with Crippen molar-refractivity contribution in [2.75, 3.05) is 40.9 Å². The van der Waals surface area contributed by atoms with Crippen LogP contribution in [0.5, 0.6) is 0 Å². The lowest BCUT2D eigenvalue weighted by atomic mass is 10.0. The smallest absolute Gasteiger partial charge is 0.456 e. The maximum Gasteiger partial charge on any atom is 0.472 e. The van der Waals surface area contributed by atoms with Crippen LogP contribution >= 0.6 is 7.82 Å². The normalized spacial score (nSPS) is 14.1. The Morgan fingerprint density at radius 3 is 1.18 bits per heavy atom. The number of phosphoric ester groups is 1. The van der Waals surface area contributed by atoms with Gasteiger partial charge in [-0.15, -0.1) is 0 Å². The van der Waals surface area contributed by atoms with Crippen molar-refractivity contribution in [1.29, 1.82) is 0 Å². The van der Waals surface area contributed by atoms with Gasteiger partial charge in [-0.25, -0.2) is 4.57 Å². The van der Waals surface area contributed by atoms with E-state index in [1.807, 2.05) is 33.3 Å². The molecule has 10 heteroatoms. The van der Waals surface area contributed by atoms with Crippen LogP contribution in [-0.4, -0.2) is 74.3 Å². The second-order valence-electron chi connectivity index (χ2n) is 24.3. The summed E-state index contributed by atoms with van der Waals surface area (Å²) in [7, 11) is 1.49. The van der Waals surface area contributed by atoms with Crippen LogP contribution in [0.3, 0.4) is 0 Å². The first-order valence-electron chi connectivity index (χ1n) is 34.4. The van der Waals surface area contributed by atoms with Gasteiger partial charge in [0.2, 0.25) is 5.91 Å². The molecule has 1 amide bonds. The van der Waals surface area contributed by atoms with Gasteiger partial charge >= 0.3 is 13.8 Å². The SMILES string of the molecule is CC/C=C\C/C=C\C/C=C\C/C=C\C/C=C\CCCCCCCCCC(=O)OC(/C=C/CCCCCCCCCCCC)C(COP(=O)(O)OCC[N+](C)(C)C)NC(=O)CCCCCCCCCCCCC/C=C/CCCCCCCC. The van der Waals surface area contributed by atoms with Crippen molar-refractivity contribution in [3.63, 3.8) is 0 Å². The van der Waals surface area contributed by atoms with E-state index in [1.165, 1.54) is 173 Å². The molecule has 0 radical (unpaired) electrons. The van der Waals surface area contributed by atoms with E-state index in [0.29, 0.717) is 17.4 Å². The lowest BCUT2D eigenvalue weighted by molar-refractivity contribution is -0.870. The molecule has 0 aliphatic rings. The number of unbranched alkanes of at least 4 members (excludes halogenated alkanes) is 34. The van der Waals surface area contributed by atoms with E-state index >= 15 is 0 Å². The molecule has 0 saturated heterocycles. The molecule has 0 fully saturated rings. The van der Waals surface area contributed by atoms with Crippen molar-refractivity contribution in [3.05, 3.63) is 85.1 Å². The number of amides is 1. The van der Waals surface area contributed by atoms with Crippen molar-refractivity contribution < 1.29 is 37.3 Å². The van der Waals surface area contributed by atoms with E-state index in [9.17, 15) is 19.0 Å². The van der Waals surface area contributed by atoms with Crippen LogP contribution in [-0.2, 0) is 27.9 Å². The van der Waals surface area contributed by atoms with Crippen LogP contribution in [0.15, 0.2) is 85.1 Å². The molecular weight excluding hydrogens is 1040 g/mol. The third-order valence-electron chi connectivity index (χ3n) is 15.1. The first kappa shape index (κ1) is 79.2. The largest absolute Gasteiger partial charge is 0.472 e. The molecular formula is C72H132N2O7P+. The Bertz CT molecular complexity index is 1680. The molecule has 9 nitrogen and oxygen atoms in total. The fourth-order valence-corrected chi connectivity index (χ4v) is 10.5. The summed E-state index contributed by atoms with van der Waals surface area (Å²) >= 11 is 0. The van der Waals surface area contributed by atoms with Gasteiger partial charge in [-0.05, 0) is 102 Å². The molecule has 0 aromatic rings. The highest BCUT2D eigenvalue weighted by Crippen LogP contribution is 2.43. The highest BCUT2D eigenvalue weighted by molar-refractivity contribution is 7.47. The van der Waals surface area contributed by atoms with Gasteiger partial charge in [-0.3, -0.25) is 18.6 Å². The number of carbonyl (C=O) groups is 2. The van der Waals surface area contributed by atoms with E-state index in [2.05, 4.69) is 99.0 Å². The molecule has 0 spiro atoms.